The highest BCUT2D eigenvalue weighted by atomic mass is 16.5. The van der Waals surface area contributed by atoms with Crippen LogP contribution >= 0.6 is 0 Å². The predicted octanol–water partition coefficient (Wildman–Crippen LogP) is 2.39. The average molecular weight is 277 g/mol. The number of hydrogen-bond donors (Lipinski definition) is 1. The van der Waals surface area contributed by atoms with Crippen LogP contribution in [0.1, 0.15) is 36.9 Å². The van der Waals surface area contributed by atoms with Crippen LogP contribution in [0, 0.1) is 0 Å². The largest absolute Gasteiger partial charge is 0.383 e. The van der Waals surface area contributed by atoms with Crippen LogP contribution in [0.15, 0.2) is 45.6 Å². The number of nitrogens with one attached hydrogen (secondary N) is 1. The summed E-state index contributed by atoms with van der Waals surface area (Å²) in [5.74, 6) is 0.689. The summed E-state index contributed by atoms with van der Waals surface area (Å²) in [5, 5.41) is 2.31. The van der Waals surface area contributed by atoms with Crippen molar-refractivity contribution in [3.05, 3.63) is 58.0 Å². The van der Waals surface area contributed by atoms with E-state index in [1.165, 1.54) is 6.07 Å². The Morgan fingerprint density at radius 3 is 2.95 bits per heavy atom. The molecule has 2 atom stereocenters. The highest BCUT2D eigenvalue weighted by Crippen LogP contribution is 2.31. The van der Waals surface area contributed by atoms with Gasteiger partial charge in [-0.05, 0) is 38.4 Å². The van der Waals surface area contributed by atoms with E-state index < -0.39 is 0 Å². The number of aromatic amines is 1. The fourth-order valence-electron chi connectivity index (χ4n) is 2.78. The summed E-state index contributed by atoms with van der Waals surface area (Å²) in [6, 6.07) is 0.192. The standard InChI is InChI=1S/C16H20N2O2/c1-18-8-7-13(15-11-16(19)17-20-15)10-14(18)9-12-5-3-2-4-6-12/h2-6,11,13-14H,7-10H2,1H3,(H,17,19)/t13-,14-/m0/s1/i2D,3D,4D,5D,6D. The maximum Gasteiger partial charge on any atom is 0.280 e. The molecule has 1 saturated heterocycles. The molecule has 4 heteroatoms. The number of benzene rings is 1. The van der Waals surface area contributed by atoms with Gasteiger partial charge in [-0.15, -0.1) is 0 Å². The summed E-state index contributed by atoms with van der Waals surface area (Å²) in [6.45, 7) is 0.781. The van der Waals surface area contributed by atoms with E-state index in [4.69, 9.17) is 11.4 Å². The Labute approximate surface area is 125 Å². The van der Waals surface area contributed by atoms with E-state index in [9.17, 15) is 4.79 Å². The van der Waals surface area contributed by atoms with Gasteiger partial charge in [-0.3, -0.25) is 4.79 Å². The molecule has 0 aliphatic carbocycles. The molecule has 106 valence electrons. The van der Waals surface area contributed by atoms with Crippen molar-refractivity contribution in [2.75, 3.05) is 13.6 Å². The number of nitrogens with zero attached hydrogens (tertiary/aromatic N) is 1. The normalized spacial score (nSPS) is 27.4. The second-order valence-corrected chi connectivity index (χ2v) is 5.28. The maximum absolute atomic E-state index is 11.3. The molecular formula is C16H20N2O2. The molecule has 1 aliphatic rings. The number of rotatable bonds is 3. The highest BCUT2D eigenvalue weighted by molar-refractivity contribution is 5.17. The van der Waals surface area contributed by atoms with Crippen LogP contribution in [0.3, 0.4) is 0 Å². The molecular weight excluding hydrogens is 252 g/mol. The Morgan fingerprint density at radius 2 is 2.25 bits per heavy atom. The van der Waals surface area contributed by atoms with E-state index in [1.54, 1.807) is 0 Å². The smallest absolute Gasteiger partial charge is 0.280 e. The summed E-state index contributed by atoms with van der Waals surface area (Å²) in [6.07, 6.45) is 1.89. The molecule has 0 amide bonds. The SMILES string of the molecule is [2H]c1c([2H])c([2H])c(C[C@H]2C[C@@H](c3cc(=O)[nH]o3)CCN2C)c([2H])c1[2H]. The fourth-order valence-corrected chi connectivity index (χ4v) is 2.78. The molecule has 2 aromatic rings. The Kier molecular flexibility index (Phi) is 2.40. The number of likely N-dealkylation sites (N-methyl/N-ethyl adjacent to an activating group) is 1. The van der Waals surface area contributed by atoms with E-state index in [0.29, 0.717) is 24.2 Å². The van der Waals surface area contributed by atoms with Gasteiger partial charge in [0, 0.05) is 18.0 Å². The first-order valence-corrected chi connectivity index (χ1v) is 6.74. The molecule has 0 saturated carbocycles. The molecule has 1 N–H and O–H groups in total. The Hall–Kier alpha value is -1.81. The van der Waals surface area contributed by atoms with Crippen LogP contribution in [0.4, 0.5) is 0 Å². The summed E-state index contributed by atoms with van der Waals surface area (Å²) in [7, 11) is 1.96. The third-order valence-corrected chi connectivity index (χ3v) is 3.95. The van der Waals surface area contributed by atoms with Crippen LogP contribution in [0.2, 0.25) is 0 Å². The zero-order valence-electron chi connectivity index (χ0n) is 16.3. The Bertz CT molecular complexity index is 819. The van der Waals surface area contributed by atoms with E-state index in [-0.39, 0.29) is 47.7 Å². The first kappa shape index (κ1) is 8.47. The topological polar surface area (TPSA) is 49.2 Å². The molecule has 1 aromatic carbocycles. The molecule has 1 fully saturated rings. The van der Waals surface area contributed by atoms with Crippen molar-refractivity contribution < 1.29 is 11.4 Å². The van der Waals surface area contributed by atoms with Gasteiger partial charge >= 0.3 is 0 Å². The number of H-pyrrole nitrogens is 1. The number of hydrogen-bond acceptors (Lipinski definition) is 3. The third-order valence-electron chi connectivity index (χ3n) is 3.95. The van der Waals surface area contributed by atoms with Gasteiger partial charge in [-0.1, -0.05) is 30.2 Å². The van der Waals surface area contributed by atoms with Crippen LogP contribution in [0.5, 0.6) is 0 Å². The van der Waals surface area contributed by atoms with Crippen LogP contribution < -0.4 is 5.56 Å². The first-order valence-electron chi connectivity index (χ1n) is 9.24. The summed E-state index contributed by atoms with van der Waals surface area (Å²) in [5.41, 5.74) is 0.0649. The minimum absolute atomic E-state index is 0.00235. The molecule has 1 aromatic heterocycles. The van der Waals surface area contributed by atoms with Crippen LogP contribution in [-0.4, -0.2) is 29.7 Å². The minimum atomic E-state index is -0.372. The van der Waals surface area contributed by atoms with Crippen molar-refractivity contribution in [3.8, 4) is 0 Å². The van der Waals surface area contributed by atoms with Gasteiger partial charge in [0.15, 0.2) is 0 Å². The Balaban J connectivity index is 1.88. The first-order chi connectivity index (χ1) is 11.8. The Morgan fingerprint density at radius 1 is 1.45 bits per heavy atom. The highest BCUT2D eigenvalue weighted by Gasteiger charge is 2.29. The lowest BCUT2D eigenvalue weighted by molar-refractivity contribution is 0.155. The van der Waals surface area contributed by atoms with E-state index in [1.807, 2.05) is 7.05 Å². The fraction of sp³-hybridized carbons (Fsp3) is 0.438. The lowest BCUT2D eigenvalue weighted by Gasteiger charge is -2.36. The molecule has 3 rings (SSSR count). The summed E-state index contributed by atoms with van der Waals surface area (Å²) >= 11 is 0. The molecule has 4 nitrogen and oxygen atoms in total. The zero-order valence-corrected chi connectivity index (χ0v) is 11.3. The number of likely N-dealkylation sites (tertiary alicyclic amines) is 1. The van der Waals surface area contributed by atoms with Crippen LogP contribution in [0.25, 0.3) is 0 Å². The maximum atomic E-state index is 11.3. The van der Waals surface area contributed by atoms with Crippen LogP contribution in [-0.2, 0) is 6.42 Å². The lowest BCUT2D eigenvalue weighted by Crippen LogP contribution is -2.40. The molecule has 2 heterocycles. The molecule has 0 bridgehead atoms. The van der Waals surface area contributed by atoms with E-state index >= 15 is 0 Å². The minimum Gasteiger partial charge on any atom is -0.383 e. The predicted molar refractivity (Wildman–Crippen MR) is 77.9 cm³/mol. The second-order valence-electron chi connectivity index (χ2n) is 5.28. The van der Waals surface area contributed by atoms with Crippen molar-refractivity contribution in [1.29, 1.82) is 0 Å². The molecule has 1 aliphatic heterocycles. The van der Waals surface area contributed by atoms with Gasteiger partial charge in [-0.25, -0.2) is 0 Å². The summed E-state index contributed by atoms with van der Waals surface area (Å²) in [4.78, 5) is 13.4. The average Bonchev–Trinajstić information content (AvgIpc) is 3.03. The summed E-state index contributed by atoms with van der Waals surface area (Å²) < 4.78 is 44.7. The molecule has 0 radical (unpaired) electrons. The number of aromatic nitrogens is 1. The van der Waals surface area contributed by atoms with E-state index in [0.717, 1.165) is 13.0 Å². The molecule has 20 heavy (non-hydrogen) atoms. The number of piperidine rings is 1. The van der Waals surface area contributed by atoms with Crippen molar-refractivity contribution in [1.82, 2.24) is 10.1 Å². The van der Waals surface area contributed by atoms with Crippen molar-refractivity contribution in [3.63, 3.8) is 0 Å². The van der Waals surface area contributed by atoms with Crippen molar-refractivity contribution in [2.24, 2.45) is 0 Å². The van der Waals surface area contributed by atoms with Crippen molar-refractivity contribution in [2.45, 2.75) is 31.2 Å². The second kappa shape index (κ2) is 5.67. The van der Waals surface area contributed by atoms with Gasteiger partial charge in [0.2, 0.25) is 0 Å². The zero-order chi connectivity index (χ0) is 18.3. The lowest BCUT2D eigenvalue weighted by atomic mass is 9.86. The molecule has 0 unspecified atom stereocenters. The third kappa shape index (κ3) is 2.85. The quantitative estimate of drug-likeness (QED) is 0.937. The van der Waals surface area contributed by atoms with Gasteiger partial charge in [0.1, 0.15) is 5.76 Å². The van der Waals surface area contributed by atoms with Gasteiger partial charge < -0.3 is 9.42 Å². The van der Waals surface area contributed by atoms with Gasteiger partial charge in [0.25, 0.3) is 5.56 Å². The van der Waals surface area contributed by atoms with Gasteiger partial charge in [-0.2, -0.15) is 5.16 Å². The monoisotopic (exact) mass is 277 g/mol. The molecule has 0 spiro atoms. The van der Waals surface area contributed by atoms with Gasteiger partial charge in [0.05, 0.1) is 6.85 Å². The van der Waals surface area contributed by atoms with E-state index in [2.05, 4.69) is 10.1 Å². The van der Waals surface area contributed by atoms with Crippen molar-refractivity contribution >= 4 is 0 Å².